The zero-order valence-electron chi connectivity index (χ0n) is 15.9. The molecule has 1 fully saturated rings. The summed E-state index contributed by atoms with van der Waals surface area (Å²) in [5, 5.41) is 0. The van der Waals surface area contributed by atoms with Gasteiger partial charge in [-0.2, -0.15) is 13.2 Å². The van der Waals surface area contributed by atoms with E-state index in [0.29, 0.717) is 25.7 Å². The Morgan fingerprint density at radius 2 is 1.86 bits per heavy atom. The van der Waals surface area contributed by atoms with Crippen molar-refractivity contribution in [1.82, 2.24) is 4.90 Å². The Bertz CT molecular complexity index is 656. The number of alkyl halides is 3. The molecule has 1 aromatic rings. The normalized spacial score (nSPS) is 21.4. The molecule has 1 aliphatic rings. The largest absolute Gasteiger partial charge is 0.389 e. The van der Waals surface area contributed by atoms with Crippen LogP contribution < -0.4 is 5.73 Å². The van der Waals surface area contributed by atoms with Crippen LogP contribution in [-0.2, 0) is 11.2 Å². The Morgan fingerprint density at radius 1 is 1.21 bits per heavy atom. The minimum atomic E-state index is -4.22. The van der Waals surface area contributed by atoms with Crippen LogP contribution in [0.5, 0.6) is 0 Å². The van der Waals surface area contributed by atoms with Gasteiger partial charge in [0.1, 0.15) is 11.6 Å². The molecule has 0 spiro atoms. The van der Waals surface area contributed by atoms with E-state index in [9.17, 15) is 26.7 Å². The van der Waals surface area contributed by atoms with E-state index in [4.69, 9.17) is 5.73 Å². The molecule has 3 nitrogen and oxygen atoms in total. The number of carbonyl (C=O) groups is 1. The first-order valence-electron chi connectivity index (χ1n) is 9.60. The minimum absolute atomic E-state index is 0.0880. The van der Waals surface area contributed by atoms with Crippen LogP contribution in [0.1, 0.15) is 51.0 Å². The molecule has 0 aromatic heterocycles. The van der Waals surface area contributed by atoms with Crippen molar-refractivity contribution in [2.24, 2.45) is 11.7 Å². The zero-order valence-corrected chi connectivity index (χ0v) is 15.9. The summed E-state index contributed by atoms with van der Waals surface area (Å²) in [6.45, 7) is 1.46. The van der Waals surface area contributed by atoms with Crippen LogP contribution in [0.3, 0.4) is 0 Å². The summed E-state index contributed by atoms with van der Waals surface area (Å²) in [7, 11) is 0. The quantitative estimate of drug-likeness (QED) is 0.674. The summed E-state index contributed by atoms with van der Waals surface area (Å²) < 4.78 is 64.2. The number of benzene rings is 1. The van der Waals surface area contributed by atoms with Gasteiger partial charge in [-0.05, 0) is 68.2 Å². The van der Waals surface area contributed by atoms with Crippen LogP contribution in [0.4, 0.5) is 22.0 Å². The molecule has 8 heteroatoms. The number of halogens is 5. The Kier molecular flexibility index (Phi) is 7.80. The third-order valence-corrected chi connectivity index (χ3v) is 5.51. The maximum absolute atomic E-state index is 13.8. The van der Waals surface area contributed by atoms with E-state index in [2.05, 4.69) is 0 Å². The monoisotopic (exact) mass is 406 g/mol. The van der Waals surface area contributed by atoms with Gasteiger partial charge in [-0.25, -0.2) is 8.78 Å². The van der Waals surface area contributed by atoms with Crippen LogP contribution in [0.2, 0.25) is 0 Å². The Labute approximate surface area is 162 Å². The minimum Gasteiger partial charge on any atom is -0.340 e. The van der Waals surface area contributed by atoms with Crippen molar-refractivity contribution in [1.29, 1.82) is 0 Å². The number of rotatable bonds is 7. The number of nitrogens with two attached hydrogens (primary N) is 1. The number of amides is 1. The van der Waals surface area contributed by atoms with Gasteiger partial charge in [0.25, 0.3) is 0 Å². The molecular weight excluding hydrogens is 379 g/mol. The summed E-state index contributed by atoms with van der Waals surface area (Å²) in [6, 6.07) is 2.86. The van der Waals surface area contributed by atoms with Crippen LogP contribution in [-0.4, -0.2) is 35.6 Å². The summed E-state index contributed by atoms with van der Waals surface area (Å²) in [5.41, 5.74) is 6.46. The summed E-state index contributed by atoms with van der Waals surface area (Å²) in [6.07, 6.45) is -2.32. The van der Waals surface area contributed by atoms with Gasteiger partial charge in [0.2, 0.25) is 5.91 Å². The number of nitrogens with zero attached hydrogens (tertiary/aromatic N) is 1. The fraction of sp³-hybridized carbons (Fsp3) is 0.650. The van der Waals surface area contributed by atoms with Crippen molar-refractivity contribution >= 4 is 5.91 Å². The van der Waals surface area contributed by atoms with Gasteiger partial charge < -0.3 is 10.6 Å². The van der Waals surface area contributed by atoms with Crippen LogP contribution >= 0.6 is 0 Å². The highest BCUT2D eigenvalue weighted by Gasteiger charge is 2.32. The highest BCUT2D eigenvalue weighted by atomic mass is 19.4. The molecule has 28 heavy (non-hydrogen) atoms. The third-order valence-electron chi connectivity index (χ3n) is 5.51. The van der Waals surface area contributed by atoms with Crippen molar-refractivity contribution in [3.8, 4) is 0 Å². The second-order valence-electron chi connectivity index (χ2n) is 7.60. The fourth-order valence-electron chi connectivity index (χ4n) is 4.01. The van der Waals surface area contributed by atoms with Gasteiger partial charge in [0, 0.05) is 32.0 Å². The van der Waals surface area contributed by atoms with Crippen LogP contribution in [0, 0.1) is 17.6 Å². The molecule has 2 rings (SSSR count). The average Bonchev–Trinajstić information content (AvgIpc) is 2.61. The molecule has 1 saturated carbocycles. The average molecular weight is 406 g/mol. The van der Waals surface area contributed by atoms with Crippen LogP contribution in [0.15, 0.2) is 18.2 Å². The number of carbonyl (C=O) groups excluding carboxylic acids is 1. The van der Waals surface area contributed by atoms with E-state index in [1.165, 1.54) is 11.8 Å². The molecule has 158 valence electrons. The smallest absolute Gasteiger partial charge is 0.340 e. The summed E-state index contributed by atoms with van der Waals surface area (Å²) in [4.78, 5) is 13.4. The molecule has 1 aliphatic carbocycles. The first-order valence-corrected chi connectivity index (χ1v) is 9.60. The van der Waals surface area contributed by atoms with Crippen molar-refractivity contribution in [2.45, 2.75) is 70.1 Å². The van der Waals surface area contributed by atoms with Crippen molar-refractivity contribution in [3.63, 3.8) is 0 Å². The van der Waals surface area contributed by atoms with E-state index in [-0.39, 0.29) is 48.9 Å². The van der Waals surface area contributed by atoms with E-state index in [0.717, 1.165) is 18.2 Å². The molecule has 0 bridgehead atoms. The summed E-state index contributed by atoms with van der Waals surface area (Å²) >= 11 is 0. The highest BCUT2D eigenvalue weighted by molar-refractivity contribution is 5.73. The van der Waals surface area contributed by atoms with Gasteiger partial charge >= 0.3 is 6.18 Å². The lowest BCUT2D eigenvalue weighted by Gasteiger charge is -2.38. The molecule has 1 amide bonds. The van der Waals surface area contributed by atoms with Gasteiger partial charge in [0.05, 0.1) is 0 Å². The molecule has 1 atom stereocenters. The van der Waals surface area contributed by atoms with Crippen molar-refractivity contribution < 1.29 is 26.7 Å². The Hall–Kier alpha value is -1.70. The highest BCUT2D eigenvalue weighted by Crippen LogP contribution is 2.31. The number of hydrogen-bond donors (Lipinski definition) is 1. The molecule has 2 N–H and O–H groups in total. The maximum atomic E-state index is 13.8. The van der Waals surface area contributed by atoms with Gasteiger partial charge in [-0.3, -0.25) is 4.79 Å². The fourth-order valence-corrected chi connectivity index (χ4v) is 4.01. The van der Waals surface area contributed by atoms with Crippen molar-refractivity contribution in [2.75, 3.05) is 6.54 Å². The zero-order chi connectivity index (χ0) is 20.9. The van der Waals surface area contributed by atoms with Gasteiger partial charge in [0.15, 0.2) is 0 Å². The first kappa shape index (κ1) is 22.6. The van der Waals surface area contributed by atoms with E-state index in [1.54, 1.807) is 0 Å². The topological polar surface area (TPSA) is 46.3 Å². The predicted octanol–water partition coefficient (Wildman–Crippen LogP) is 4.58. The molecule has 0 radical (unpaired) electrons. The Morgan fingerprint density at radius 3 is 2.43 bits per heavy atom. The lowest BCUT2D eigenvalue weighted by molar-refractivity contribution is -0.141. The second-order valence-corrected chi connectivity index (χ2v) is 7.60. The van der Waals surface area contributed by atoms with E-state index < -0.39 is 24.2 Å². The lowest BCUT2D eigenvalue weighted by atomic mass is 9.79. The predicted molar refractivity (Wildman–Crippen MR) is 96.5 cm³/mol. The van der Waals surface area contributed by atoms with Gasteiger partial charge in [-0.1, -0.05) is 0 Å². The molecule has 1 aromatic carbocycles. The molecule has 0 unspecified atom stereocenters. The van der Waals surface area contributed by atoms with E-state index >= 15 is 0 Å². The third kappa shape index (κ3) is 6.72. The first-order chi connectivity index (χ1) is 13.1. The molecular formula is C20H27F5N2O. The van der Waals surface area contributed by atoms with Crippen LogP contribution in [0.25, 0.3) is 0 Å². The molecule has 0 heterocycles. The molecule has 0 aliphatic heterocycles. The SMILES string of the molecule is CC(=O)N(CCCC(F)(F)F)C1CCC([C@H](N)Cc2cc(F)ccc2F)CC1. The van der Waals surface area contributed by atoms with Gasteiger partial charge in [-0.15, -0.1) is 0 Å². The summed E-state index contributed by atoms with van der Waals surface area (Å²) in [5.74, 6) is -1.12. The van der Waals surface area contributed by atoms with E-state index in [1.807, 2.05) is 0 Å². The second kappa shape index (κ2) is 9.67. The lowest BCUT2D eigenvalue weighted by Crippen LogP contribution is -2.44. The number of hydrogen-bond acceptors (Lipinski definition) is 2. The Balaban J connectivity index is 1.87. The standard InChI is InChI=1S/C20H27F5N2O/c1-13(28)27(10-2-9-20(23,24)25)17-6-3-14(4-7-17)19(26)12-15-11-16(21)5-8-18(15)22/h5,8,11,14,17,19H,2-4,6-7,9-10,12,26H2,1H3/t14?,17?,19-/m1/s1. The van der Waals surface area contributed by atoms with Crippen molar-refractivity contribution in [3.05, 3.63) is 35.4 Å². The maximum Gasteiger partial charge on any atom is 0.389 e. The molecule has 0 saturated heterocycles.